The largest absolute Gasteiger partial charge is 0.490 e. The van der Waals surface area contributed by atoms with E-state index in [0.29, 0.717) is 19.0 Å². The van der Waals surface area contributed by atoms with Gasteiger partial charge < -0.3 is 14.9 Å². The lowest BCUT2D eigenvalue weighted by Gasteiger charge is -2.24. The highest BCUT2D eigenvalue weighted by Gasteiger charge is 2.47. The Labute approximate surface area is 247 Å². The number of nitrogens with zero attached hydrogens (tertiary/aromatic N) is 5. The number of pyridine rings is 1. The quantitative estimate of drug-likeness (QED) is 0.310. The van der Waals surface area contributed by atoms with Gasteiger partial charge in [-0.3, -0.25) is 19.1 Å². The first-order chi connectivity index (χ1) is 20.5. The zero-order valence-corrected chi connectivity index (χ0v) is 23.6. The Bertz CT molecular complexity index is 1570. The van der Waals surface area contributed by atoms with Crippen LogP contribution in [0.3, 0.4) is 0 Å². The summed E-state index contributed by atoms with van der Waals surface area (Å²) < 4.78 is 71.8. The third-order valence-electron chi connectivity index (χ3n) is 6.66. The highest BCUT2D eigenvalue weighted by atomic mass is 32.1. The molecule has 1 atom stereocenters. The molecule has 2 aliphatic heterocycles. The Kier molecular flexibility index (Phi) is 10.6. The maximum absolute atomic E-state index is 12.8. The first kappa shape index (κ1) is 34.2. The summed E-state index contributed by atoms with van der Waals surface area (Å²) in [6.45, 7) is 3.33. The molecule has 5 heterocycles. The molecule has 1 unspecified atom stereocenters. The molecule has 1 saturated heterocycles. The van der Waals surface area contributed by atoms with Gasteiger partial charge in [-0.15, -0.1) is 11.3 Å². The molecule has 0 aliphatic carbocycles. The Morgan fingerprint density at radius 1 is 0.977 bits per heavy atom. The Balaban J connectivity index is 0.000000317. The summed E-state index contributed by atoms with van der Waals surface area (Å²) in [7, 11) is 1.63. The normalized spacial score (nSPS) is 17.7. The highest BCUT2D eigenvalue weighted by Crippen LogP contribution is 2.41. The average molecular weight is 654 g/mol. The SMILES string of the molecule is COc1ncccc1CN1CCC2(CCn3c2nn(Cc2cccs2)c(=O)c3=O)C1.O=C(O)C(F)(F)F.O=C(O)C(F)(F)F. The standard InChI is InChI=1S/C21H23N5O3S.2C2HF3O2/c1-29-17-15(4-2-8-22-17)12-24-9-6-21(14-24)7-10-25-18(27)19(28)26(23-20(21)25)13-16-5-3-11-30-16;2*3-2(4,5)1(6)7/h2-5,8,11H,6-7,9-10,12-14H2,1H3;2*(H,6,7). The summed E-state index contributed by atoms with van der Waals surface area (Å²) >= 11 is 1.56. The van der Waals surface area contributed by atoms with Crippen molar-refractivity contribution in [3.8, 4) is 5.88 Å². The van der Waals surface area contributed by atoms with E-state index < -0.39 is 35.4 Å². The molecule has 44 heavy (non-hydrogen) atoms. The first-order valence-electron chi connectivity index (χ1n) is 12.5. The van der Waals surface area contributed by atoms with Crippen LogP contribution in [-0.2, 0) is 34.6 Å². The maximum Gasteiger partial charge on any atom is 0.490 e. The molecule has 0 amide bonds. The number of thiophene rings is 1. The molecule has 5 rings (SSSR count). The Morgan fingerprint density at radius 2 is 1.59 bits per heavy atom. The predicted octanol–water partition coefficient (Wildman–Crippen LogP) is 2.73. The van der Waals surface area contributed by atoms with Gasteiger partial charge in [-0.05, 0) is 36.9 Å². The van der Waals surface area contributed by atoms with E-state index in [-0.39, 0.29) is 5.41 Å². The van der Waals surface area contributed by atoms with Gasteiger partial charge in [0.05, 0.1) is 13.7 Å². The Morgan fingerprint density at radius 3 is 2.14 bits per heavy atom. The van der Waals surface area contributed by atoms with Crippen LogP contribution >= 0.6 is 11.3 Å². The van der Waals surface area contributed by atoms with Gasteiger partial charge in [-0.2, -0.15) is 31.4 Å². The number of rotatable bonds is 5. The molecule has 3 aromatic rings. The molecular weight excluding hydrogens is 628 g/mol. The van der Waals surface area contributed by atoms with E-state index in [9.17, 15) is 35.9 Å². The molecule has 1 fully saturated rings. The van der Waals surface area contributed by atoms with Crippen molar-refractivity contribution in [2.45, 2.75) is 50.2 Å². The molecule has 2 aliphatic rings. The van der Waals surface area contributed by atoms with Crippen LogP contribution in [0.15, 0.2) is 45.4 Å². The number of likely N-dealkylation sites (tertiary alicyclic amines) is 1. The second-order valence-corrected chi connectivity index (χ2v) is 10.6. The van der Waals surface area contributed by atoms with Gasteiger partial charge in [0.1, 0.15) is 5.82 Å². The number of ether oxygens (including phenoxy) is 1. The predicted molar refractivity (Wildman–Crippen MR) is 141 cm³/mol. The third-order valence-corrected chi connectivity index (χ3v) is 7.52. The van der Waals surface area contributed by atoms with Gasteiger partial charge in [0.15, 0.2) is 0 Å². The van der Waals surface area contributed by atoms with E-state index in [1.54, 1.807) is 29.2 Å². The molecule has 0 bridgehead atoms. The van der Waals surface area contributed by atoms with Gasteiger partial charge in [0, 0.05) is 41.7 Å². The molecule has 240 valence electrons. The van der Waals surface area contributed by atoms with Crippen molar-refractivity contribution >= 4 is 23.3 Å². The topological polar surface area (TPSA) is 157 Å². The molecule has 2 N–H and O–H groups in total. The zero-order valence-electron chi connectivity index (χ0n) is 22.8. The van der Waals surface area contributed by atoms with E-state index in [1.807, 2.05) is 29.6 Å². The number of carboxylic acids is 2. The number of carbonyl (C=O) groups is 2. The number of fused-ring (bicyclic) bond motifs is 2. The molecule has 0 radical (unpaired) electrons. The molecule has 3 aromatic heterocycles. The van der Waals surface area contributed by atoms with Crippen LogP contribution in [-0.4, -0.2) is 78.9 Å². The number of methoxy groups -OCH3 is 1. The Hall–Kier alpha value is -4.26. The molecule has 0 saturated carbocycles. The summed E-state index contributed by atoms with van der Waals surface area (Å²) in [6.07, 6.45) is -6.69. The van der Waals surface area contributed by atoms with E-state index in [4.69, 9.17) is 29.6 Å². The number of aliphatic carboxylic acids is 2. The minimum atomic E-state index is -5.08. The van der Waals surface area contributed by atoms with Crippen LogP contribution in [0.4, 0.5) is 26.3 Å². The van der Waals surface area contributed by atoms with Gasteiger partial charge in [0.2, 0.25) is 5.88 Å². The molecular formula is C25H25F6N5O7S. The highest BCUT2D eigenvalue weighted by molar-refractivity contribution is 7.09. The van der Waals surface area contributed by atoms with Crippen molar-refractivity contribution in [3.05, 3.63) is 72.8 Å². The van der Waals surface area contributed by atoms with Crippen LogP contribution in [0.5, 0.6) is 5.88 Å². The van der Waals surface area contributed by atoms with Crippen LogP contribution < -0.4 is 15.9 Å². The van der Waals surface area contributed by atoms with E-state index >= 15 is 0 Å². The number of hydrogen-bond donors (Lipinski definition) is 2. The number of halogens is 6. The maximum atomic E-state index is 12.8. The fourth-order valence-corrected chi connectivity index (χ4v) is 5.37. The summed E-state index contributed by atoms with van der Waals surface area (Å²) in [5.74, 6) is -4.12. The molecule has 0 aromatic carbocycles. The van der Waals surface area contributed by atoms with Crippen molar-refractivity contribution in [2.75, 3.05) is 20.2 Å². The molecule has 1 spiro atoms. The van der Waals surface area contributed by atoms with Gasteiger partial charge in [0.25, 0.3) is 0 Å². The lowest BCUT2D eigenvalue weighted by Crippen LogP contribution is -2.45. The molecule has 19 heteroatoms. The summed E-state index contributed by atoms with van der Waals surface area (Å²) in [5.41, 5.74) is -0.150. The smallest absolute Gasteiger partial charge is 0.481 e. The lowest BCUT2D eigenvalue weighted by atomic mass is 9.85. The van der Waals surface area contributed by atoms with Crippen LogP contribution in [0.25, 0.3) is 0 Å². The second kappa shape index (κ2) is 13.6. The van der Waals surface area contributed by atoms with Crippen LogP contribution in [0.1, 0.15) is 29.1 Å². The fourth-order valence-electron chi connectivity index (χ4n) is 4.68. The number of aromatic nitrogens is 4. The number of alkyl halides is 6. The van der Waals surface area contributed by atoms with E-state index in [1.165, 1.54) is 4.68 Å². The van der Waals surface area contributed by atoms with Crippen molar-refractivity contribution < 1.29 is 50.9 Å². The van der Waals surface area contributed by atoms with Crippen molar-refractivity contribution in [2.24, 2.45) is 0 Å². The van der Waals surface area contributed by atoms with Crippen molar-refractivity contribution in [1.82, 2.24) is 24.2 Å². The van der Waals surface area contributed by atoms with E-state index in [2.05, 4.69) is 9.88 Å². The molecule has 12 nitrogen and oxygen atoms in total. The minimum absolute atomic E-state index is 0.195. The lowest BCUT2D eigenvalue weighted by molar-refractivity contribution is -0.193. The minimum Gasteiger partial charge on any atom is -0.481 e. The van der Waals surface area contributed by atoms with Gasteiger partial charge in [-0.1, -0.05) is 12.1 Å². The van der Waals surface area contributed by atoms with E-state index in [0.717, 1.165) is 48.7 Å². The van der Waals surface area contributed by atoms with Gasteiger partial charge in [-0.25, -0.2) is 19.3 Å². The zero-order chi connectivity index (χ0) is 32.9. The summed E-state index contributed by atoms with van der Waals surface area (Å²) in [6, 6.07) is 7.84. The first-order valence-corrected chi connectivity index (χ1v) is 13.4. The average Bonchev–Trinajstić information content (AvgIpc) is 3.69. The second-order valence-electron chi connectivity index (χ2n) is 9.59. The number of hydrogen-bond acceptors (Lipinski definition) is 9. The monoisotopic (exact) mass is 653 g/mol. The van der Waals surface area contributed by atoms with Crippen molar-refractivity contribution in [3.63, 3.8) is 0 Å². The third kappa shape index (κ3) is 8.22. The van der Waals surface area contributed by atoms with Crippen molar-refractivity contribution in [1.29, 1.82) is 0 Å². The number of carboxylic acid groups (broad SMARTS) is 2. The summed E-state index contributed by atoms with van der Waals surface area (Å²) in [4.78, 5) is 50.8. The summed E-state index contributed by atoms with van der Waals surface area (Å²) in [5, 5.41) is 20.9. The van der Waals surface area contributed by atoms with Crippen LogP contribution in [0.2, 0.25) is 0 Å². The van der Waals surface area contributed by atoms with Gasteiger partial charge >= 0.3 is 35.4 Å². The van der Waals surface area contributed by atoms with Crippen LogP contribution in [0, 0.1) is 0 Å². The fraction of sp³-hybridized carbons (Fsp3) is 0.440.